The van der Waals surface area contributed by atoms with Crippen molar-refractivity contribution < 1.29 is 4.79 Å². The summed E-state index contributed by atoms with van der Waals surface area (Å²) in [5.41, 5.74) is 3.13. The first-order valence-electron chi connectivity index (χ1n) is 7.12. The number of aromatic nitrogens is 2. The average molecular weight is 269 g/mol. The lowest BCUT2D eigenvalue weighted by Crippen LogP contribution is -2.19. The fourth-order valence-corrected chi connectivity index (χ4v) is 2.67. The van der Waals surface area contributed by atoms with Crippen LogP contribution in [0, 0.1) is 6.92 Å². The van der Waals surface area contributed by atoms with Crippen LogP contribution in [0.2, 0.25) is 0 Å². The molecular weight excluding hydrogens is 250 g/mol. The van der Waals surface area contributed by atoms with Gasteiger partial charge >= 0.3 is 0 Å². The summed E-state index contributed by atoms with van der Waals surface area (Å²) in [7, 11) is 0. The minimum atomic E-state index is 0.545. The highest BCUT2D eigenvalue weighted by molar-refractivity contribution is 5.80. The molecule has 1 aliphatic heterocycles. The lowest BCUT2D eigenvalue weighted by Gasteiger charge is -2.18. The third-order valence-corrected chi connectivity index (χ3v) is 3.79. The minimum Gasteiger partial charge on any atom is -0.369 e. The molecule has 0 saturated heterocycles. The van der Waals surface area contributed by atoms with Gasteiger partial charge in [0.15, 0.2) is 6.29 Å². The van der Waals surface area contributed by atoms with E-state index in [4.69, 9.17) is 0 Å². The fourth-order valence-electron chi connectivity index (χ4n) is 2.67. The Morgan fingerprint density at radius 3 is 2.85 bits per heavy atom. The maximum absolute atomic E-state index is 11.1. The number of carbonyl (C=O) groups excluding carboxylic acids is 1. The molecule has 2 heterocycles. The van der Waals surface area contributed by atoms with Crippen molar-refractivity contribution in [1.82, 2.24) is 9.55 Å². The number of fused-ring (bicyclic) bond motifs is 1. The predicted molar refractivity (Wildman–Crippen MR) is 79.3 cm³/mol. The first-order valence-corrected chi connectivity index (χ1v) is 7.12. The van der Waals surface area contributed by atoms with E-state index in [-0.39, 0.29) is 0 Å². The summed E-state index contributed by atoms with van der Waals surface area (Å²) in [6.07, 6.45) is 3.75. The number of anilines is 1. The number of nitrogens with one attached hydrogen (secondary N) is 1. The Balaban J connectivity index is 1.79. The third-order valence-electron chi connectivity index (χ3n) is 3.79. The van der Waals surface area contributed by atoms with E-state index in [1.165, 1.54) is 11.1 Å². The lowest BCUT2D eigenvalue weighted by atomic mass is 10.1. The molecule has 0 unspecified atom stereocenters. The summed E-state index contributed by atoms with van der Waals surface area (Å²) >= 11 is 0. The van der Waals surface area contributed by atoms with Gasteiger partial charge in [0, 0.05) is 19.5 Å². The molecule has 0 bridgehead atoms. The normalized spacial score (nSPS) is 13.7. The van der Waals surface area contributed by atoms with Crippen LogP contribution in [0.15, 0.2) is 24.3 Å². The molecule has 1 aromatic heterocycles. The van der Waals surface area contributed by atoms with Crippen LogP contribution in [0.4, 0.5) is 5.82 Å². The Kier molecular flexibility index (Phi) is 3.54. The van der Waals surface area contributed by atoms with Gasteiger partial charge in [-0.25, -0.2) is 4.98 Å². The fraction of sp³-hybridized carbons (Fsp3) is 0.375. The monoisotopic (exact) mass is 269 g/mol. The zero-order chi connectivity index (χ0) is 13.9. The maximum atomic E-state index is 11.1. The maximum Gasteiger partial charge on any atom is 0.172 e. The van der Waals surface area contributed by atoms with E-state index in [1.807, 2.05) is 0 Å². The highest BCUT2D eigenvalue weighted by Crippen LogP contribution is 2.22. The van der Waals surface area contributed by atoms with Crippen LogP contribution < -0.4 is 5.32 Å². The number of benzene rings is 1. The van der Waals surface area contributed by atoms with Gasteiger partial charge in [-0.3, -0.25) is 4.79 Å². The van der Waals surface area contributed by atoms with E-state index in [1.54, 1.807) is 0 Å². The molecule has 0 aliphatic carbocycles. The van der Waals surface area contributed by atoms with Crippen LogP contribution >= 0.6 is 0 Å². The molecule has 0 radical (unpaired) electrons. The van der Waals surface area contributed by atoms with Crippen molar-refractivity contribution in [3.8, 4) is 0 Å². The first kappa shape index (κ1) is 12.9. The molecule has 1 aliphatic rings. The molecule has 4 nitrogen and oxygen atoms in total. The second-order valence-corrected chi connectivity index (χ2v) is 5.30. The summed E-state index contributed by atoms with van der Waals surface area (Å²) in [6, 6.07) is 8.59. The number of carbonyl (C=O) groups is 1. The number of aryl methyl sites for hydroxylation is 3. The van der Waals surface area contributed by atoms with Crippen LogP contribution in [0.3, 0.4) is 0 Å². The summed E-state index contributed by atoms with van der Waals surface area (Å²) in [6.45, 7) is 3.97. The Bertz CT molecular complexity index is 613. The van der Waals surface area contributed by atoms with Crippen molar-refractivity contribution in [2.75, 3.05) is 11.9 Å². The second-order valence-electron chi connectivity index (χ2n) is 5.30. The number of hydrogen-bond donors (Lipinski definition) is 1. The summed E-state index contributed by atoms with van der Waals surface area (Å²) in [5, 5.41) is 3.28. The summed E-state index contributed by atoms with van der Waals surface area (Å²) in [5.74, 6) is 1.90. The number of rotatable bonds is 4. The molecule has 1 aromatic carbocycles. The highest BCUT2D eigenvalue weighted by Gasteiger charge is 2.18. The molecule has 0 spiro atoms. The summed E-state index contributed by atoms with van der Waals surface area (Å²) in [4.78, 5) is 15.6. The highest BCUT2D eigenvalue weighted by atomic mass is 16.1. The van der Waals surface area contributed by atoms with Gasteiger partial charge in [-0.15, -0.1) is 0 Å². The molecule has 2 aromatic rings. The van der Waals surface area contributed by atoms with Crippen molar-refractivity contribution in [2.45, 2.75) is 32.7 Å². The van der Waals surface area contributed by atoms with Gasteiger partial charge in [-0.05, 0) is 25.3 Å². The lowest BCUT2D eigenvalue weighted by molar-refractivity contribution is 0.112. The predicted octanol–water partition coefficient (Wildman–Crippen LogP) is 2.60. The number of aldehydes is 1. The molecule has 104 valence electrons. The molecule has 3 rings (SSSR count). The van der Waals surface area contributed by atoms with Gasteiger partial charge in [0.2, 0.25) is 0 Å². The van der Waals surface area contributed by atoms with Crippen molar-refractivity contribution in [3.63, 3.8) is 0 Å². The Morgan fingerprint density at radius 1 is 1.30 bits per heavy atom. The molecule has 1 N–H and O–H groups in total. The Labute approximate surface area is 118 Å². The molecule has 0 fully saturated rings. The number of hydrogen-bond acceptors (Lipinski definition) is 3. The van der Waals surface area contributed by atoms with Gasteiger partial charge in [0.25, 0.3) is 0 Å². The average Bonchev–Trinajstić information content (AvgIpc) is 2.85. The zero-order valence-electron chi connectivity index (χ0n) is 11.7. The summed E-state index contributed by atoms with van der Waals surface area (Å²) < 4.78 is 2.15. The van der Waals surface area contributed by atoms with E-state index in [2.05, 4.69) is 46.1 Å². The van der Waals surface area contributed by atoms with Crippen molar-refractivity contribution in [1.29, 1.82) is 0 Å². The number of nitrogens with zero attached hydrogens (tertiary/aromatic N) is 2. The molecular formula is C16H19N3O. The van der Waals surface area contributed by atoms with Crippen LogP contribution in [0.25, 0.3) is 0 Å². The largest absolute Gasteiger partial charge is 0.369 e. The van der Waals surface area contributed by atoms with Gasteiger partial charge < -0.3 is 9.88 Å². The van der Waals surface area contributed by atoms with Crippen LogP contribution in [-0.4, -0.2) is 22.4 Å². The van der Waals surface area contributed by atoms with E-state index in [0.717, 1.165) is 50.3 Å². The zero-order valence-corrected chi connectivity index (χ0v) is 11.7. The van der Waals surface area contributed by atoms with Crippen molar-refractivity contribution in [2.24, 2.45) is 0 Å². The molecule has 20 heavy (non-hydrogen) atoms. The molecule has 0 atom stereocenters. The number of imidazole rings is 1. The van der Waals surface area contributed by atoms with Gasteiger partial charge in [0.1, 0.15) is 17.3 Å². The van der Waals surface area contributed by atoms with E-state index >= 15 is 0 Å². The van der Waals surface area contributed by atoms with Gasteiger partial charge in [-0.1, -0.05) is 29.8 Å². The topological polar surface area (TPSA) is 46.9 Å². The third kappa shape index (κ3) is 2.46. The van der Waals surface area contributed by atoms with E-state index in [0.29, 0.717) is 5.69 Å². The van der Waals surface area contributed by atoms with Gasteiger partial charge in [-0.2, -0.15) is 0 Å². The van der Waals surface area contributed by atoms with Crippen molar-refractivity contribution in [3.05, 3.63) is 46.9 Å². The second kappa shape index (κ2) is 5.49. The Hall–Kier alpha value is -2.10. The van der Waals surface area contributed by atoms with Crippen LogP contribution in [0.5, 0.6) is 0 Å². The first-order chi connectivity index (χ1) is 9.78. The molecule has 4 heteroatoms. The van der Waals surface area contributed by atoms with Gasteiger partial charge in [0.05, 0.1) is 0 Å². The molecule has 0 amide bonds. The molecule has 0 saturated carbocycles. The smallest absolute Gasteiger partial charge is 0.172 e. The van der Waals surface area contributed by atoms with Crippen LogP contribution in [0.1, 0.15) is 33.9 Å². The standard InChI is InChI=1S/C16H19N3O/c1-12-3-5-13(6-4-12)7-8-15-18-14(11-20)16-17-9-2-10-19(15)16/h3-6,11,17H,2,7-10H2,1H3. The minimum absolute atomic E-state index is 0.545. The Morgan fingerprint density at radius 2 is 2.10 bits per heavy atom. The van der Waals surface area contributed by atoms with E-state index < -0.39 is 0 Å². The quantitative estimate of drug-likeness (QED) is 0.868. The van der Waals surface area contributed by atoms with Crippen LogP contribution in [-0.2, 0) is 19.4 Å². The van der Waals surface area contributed by atoms with E-state index in [9.17, 15) is 4.79 Å². The SMILES string of the molecule is Cc1ccc(CCc2nc(C=O)c3n2CCCN3)cc1. The van der Waals surface area contributed by atoms with Crippen molar-refractivity contribution >= 4 is 12.1 Å².